The predicted octanol–water partition coefficient (Wildman–Crippen LogP) is 3.74. The molecular formula is C14H25NO2. The summed E-state index contributed by atoms with van der Waals surface area (Å²) in [6.07, 6.45) is 7.20. The maximum absolute atomic E-state index is 12.2. The van der Waals surface area contributed by atoms with E-state index in [1.807, 2.05) is 38.7 Å². The number of hydrogen-bond donors (Lipinski definition) is 0. The van der Waals surface area contributed by atoms with Crippen LogP contribution in [0.4, 0.5) is 4.79 Å². The molecule has 3 heteroatoms. The minimum atomic E-state index is -0.422. The van der Waals surface area contributed by atoms with Crippen LogP contribution in [0.2, 0.25) is 0 Å². The van der Waals surface area contributed by atoms with Gasteiger partial charge in [-0.05, 0) is 53.9 Å². The lowest BCUT2D eigenvalue weighted by molar-refractivity contribution is 0.00360. The molecule has 2 atom stereocenters. The standard InChI is InChI=1S/C14H25NO2/c1-6-8-12-10-7-9-11(2)15(12)13(16)17-14(3,4)5/h6,8,11-12H,7,9-10H2,1-5H3/b8-6+/t11-,12+/m1/s1. The van der Waals surface area contributed by atoms with Gasteiger partial charge in [0.15, 0.2) is 0 Å². The maximum Gasteiger partial charge on any atom is 0.411 e. The average molecular weight is 239 g/mol. The van der Waals surface area contributed by atoms with Crippen molar-refractivity contribution in [2.45, 2.75) is 71.6 Å². The lowest BCUT2D eigenvalue weighted by Crippen LogP contribution is -2.49. The summed E-state index contributed by atoms with van der Waals surface area (Å²) < 4.78 is 5.48. The third-order valence-electron chi connectivity index (χ3n) is 2.97. The van der Waals surface area contributed by atoms with E-state index >= 15 is 0 Å². The Hall–Kier alpha value is -0.990. The molecule has 0 aliphatic carbocycles. The summed E-state index contributed by atoms with van der Waals surface area (Å²) in [5, 5.41) is 0. The molecular weight excluding hydrogens is 214 g/mol. The second-order valence-electron chi connectivity index (χ2n) is 5.76. The van der Waals surface area contributed by atoms with E-state index in [-0.39, 0.29) is 18.2 Å². The van der Waals surface area contributed by atoms with Crippen LogP contribution in [0.1, 0.15) is 53.9 Å². The van der Waals surface area contributed by atoms with Gasteiger partial charge in [-0.1, -0.05) is 12.2 Å². The fourth-order valence-electron chi connectivity index (χ4n) is 2.27. The van der Waals surface area contributed by atoms with Gasteiger partial charge in [-0.2, -0.15) is 0 Å². The van der Waals surface area contributed by atoms with E-state index in [2.05, 4.69) is 13.0 Å². The number of carbonyl (C=O) groups is 1. The van der Waals surface area contributed by atoms with Crippen molar-refractivity contribution in [3.05, 3.63) is 12.2 Å². The minimum absolute atomic E-state index is 0.187. The highest BCUT2D eigenvalue weighted by Crippen LogP contribution is 2.25. The van der Waals surface area contributed by atoms with Crippen LogP contribution in [0.25, 0.3) is 0 Å². The number of likely N-dealkylation sites (tertiary alicyclic amines) is 1. The summed E-state index contributed by atoms with van der Waals surface area (Å²) in [7, 11) is 0. The van der Waals surface area contributed by atoms with Gasteiger partial charge in [0.25, 0.3) is 0 Å². The van der Waals surface area contributed by atoms with Crippen molar-refractivity contribution in [2.24, 2.45) is 0 Å². The van der Waals surface area contributed by atoms with E-state index in [0.717, 1.165) is 12.8 Å². The van der Waals surface area contributed by atoms with Gasteiger partial charge >= 0.3 is 6.09 Å². The highest BCUT2D eigenvalue weighted by atomic mass is 16.6. The third kappa shape index (κ3) is 4.06. The fraction of sp³-hybridized carbons (Fsp3) is 0.786. The van der Waals surface area contributed by atoms with Gasteiger partial charge in [-0.15, -0.1) is 0 Å². The number of ether oxygens (including phenoxy) is 1. The molecule has 0 radical (unpaired) electrons. The number of hydrogen-bond acceptors (Lipinski definition) is 2. The summed E-state index contributed by atoms with van der Waals surface area (Å²) in [5.41, 5.74) is -0.422. The molecule has 1 aliphatic rings. The average Bonchev–Trinajstić information content (AvgIpc) is 2.15. The lowest BCUT2D eigenvalue weighted by atomic mass is 9.96. The Labute approximate surface area is 105 Å². The highest BCUT2D eigenvalue weighted by molar-refractivity contribution is 5.69. The topological polar surface area (TPSA) is 29.5 Å². The second-order valence-corrected chi connectivity index (χ2v) is 5.76. The van der Waals surface area contributed by atoms with Crippen LogP contribution < -0.4 is 0 Å². The monoisotopic (exact) mass is 239 g/mol. The van der Waals surface area contributed by atoms with Crippen LogP contribution in [0.5, 0.6) is 0 Å². The molecule has 0 spiro atoms. The third-order valence-corrected chi connectivity index (χ3v) is 2.97. The van der Waals surface area contributed by atoms with Gasteiger partial charge in [0.2, 0.25) is 0 Å². The first-order valence-electron chi connectivity index (χ1n) is 6.49. The summed E-state index contributed by atoms with van der Waals surface area (Å²) in [5.74, 6) is 0. The largest absolute Gasteiger partial charge is 0.444 e. The first kappa shape index (κ1) is 14.1. The van der Waals surface area contributed by atoms with Gasteiger partial charge in [0.05, 0.1) is 6.04 Å². The number of nitrogens with zero attached hydrogens (tertiary/aromatic N) is 1. The van der Waals surface area contributed by atoms with Gasteiger partial charge in [0, 0.05) is 6.04 Å². The van der Waals surface area contributed by atoms with Crippen molar-refractivity contribution in [2.75, 3.05) is 0 Å². The minimum Gasteiger partial charge on any atom is -0.444 e. The first-order chi connectivity index (χ1) is 7.85. The number of piperidine rings is 1. The zero-order valence-corrected chi connectivity index (χ0v) is 11.7. The summed E-state index contributed by atoms with van der Waals surface area (Å²) >= 11 is 0. The molecule has 3 nitrogen and oxygen atoms in total. The Morgan fingerprint density at radius 3 is 2.53 bits per heavy atom. The molecule has 1 saturated heterocycles. The highest BCUT2D eigenvalue weighted by Gasteiger charge is 2.33. The summed E-state index contributed by atoms with van der Waals surface area (Å²) in [6.45, 7) is 9.81. The van der Waals surface area contributed by atoms with Crippen molar-refractivity contribution in [1.29, 1.82) is 0 Å². The quantitative estimate of drug-likeness (QED) is 0.652. The Morgan fingerprint density at radius 1 is 1.35 bits per heavy atom. The van der Waals surface area contributed by atoms with Crippen LogP contribution in [-0.4, -0.2) is 28.7 Å². The molecule has 0 unspecified atom stereocenters. The van der Waals surface area contributed by atoms with E-state index in [1.165, 1.54) is 6.42 Å². The molecule has 0 aromatic heterocycles. The number of carbonyl (C=O) groups excluding carboxylic acids is 1. The van der Waals surface area contributed by atoms with Crippen molar-refractivity contribution in [1.82, 2.24) is 4.90 Å². The molecule has 1 heterocycles. The molecule has 1 aliphatic heterocycles. The van der Waals surface area contributed by atoms with Crippen LogP contribution in [0.15, 0.2) is 12.2 Å². The van der Waals surface area contributed by atoms with Gasteiger partial charge < -0.3 is 4.74 Å². The van der Waals surface area contributed by atoms with Gasteiger partial charge in [-0.25, -0.2) is 4.79 Å². The second kappa shape index (κ2) is 5.56. The van der Waals surface area contributed by atoms with E-state index in [4.69, 9.17) is 4.74 Å². The molecule has 1 fully saturated rings. The van der Waals surface area contributed by atoms with Crippen molar-refractivity contribution in [3.8, 4) is 0 Å². The molecule has 17 heavy (non-hydrogen) atoms. The Bertz CT molecular complexity index is 291. The lowest BCUT2D eigenvalue weighted by Gasteiger charge is -2.39. The van der Waals surface area contributed by atoms with Crippen molar-refractivity contribution < 1.29 is 9.53 Å². The Balaban J connectivity index is 2.78. The molecule has 0 aromatic carbocycles. The first-order valence-corrected chi connectivity index (χ1v) is 6.49. The molecule has 0 bridgehead atoms. The van der Waals surface area contributed by atoms with Gasteiger partial charge in [0.1, 0.15) is 5.60 Å². The molecule has 0 aromatic rings. The van der Waals surface area contributed by atoms with E-state index < -0.39 is 5.60 Å². The SMILES string of the molecule is C/C=C/[C@H]1CCC[C@@H](C)N1C(=O)OC(C)(C)C. The zero-order chi connectivity index (χ0) is 13.1. The fourth-order valence-corrected chi connectivity index (χ4v) is 2.27. The molecule has 1 rings (SSSR count). The van der Waals surface area contributed by atoms with E-state index in [1.54, 1.807) is 0 Å². The Morgan fingerprint density at radius 2 is 2.00 bits per heavy atom. The van der Waals surface area contributed by atoms with Crippen LogP contribution in [0, 0.1) is 0 Å². The van der Waals surface area contributed by atoms with Gasteiger partial charge in [-0.3, -0.25) is 4.90 Å². The van der Waals surface area contributed by atoms with Crippen LogP contribution in [0.3, 0.4) is 0 Å². The molecule has 98 valence electrons. The Kier molecular flexibility index (Phi) is 4.61. The molecule has 1 amide bonds. The smallest absolute Gasteiger partial charge is 0.411 e. The molecule has 0 N–H and O–H groups in total. The van der Waals surface area contributed by atoms with E-state index in [9.17, 15) is 4.79 Å². The van der Waals surface area contributed by atoms with E-state index in [0.29, 0.717) is 0 Å². The maximum atomic E-state index is 12.2. The molecule has 0 saturated carbocycles. The summed E-state index contributed by atoms with van der Waals surface area (Å²) in [6, 6.07) is 0.457. The number of allylic oxidation sites excluding steroid dienone is 1. The van der Waals surface area contributed by atoms with Crippen LogP contribution >= 0.6 is 0 Å². The normalized spacial score (nSPS) is 26.3. The zero-order valence-electron chi connectivity index (χ0n) is 11.7. The van der Waals surface area contributed by atoms with Crippen LogP contribution in [-0.2, 0) is 4.74 Å². The predicted molar refractivity (Wildman–Crippen MR) is 70.0 cm³/mol. The van der Waals surface area contributed by atoms with Crippen molar-refractivity contribution >= 4 is 6.09 Å². The summed E-state index contributed by atoms with van der Waals surface area (Å²) in [4.78, 5) is 14.1. The number of rotatable bonds is 1. The van der Waals surface area contributed by atoms with Crippen molar-refractivity contribution in [3.63, 3.8) is 0 Å². The number of amides is 1.